The topological polar surface area (TPSA) is 32.7 Å². The zero-order valence-electron chi connectivity index (χ0n) is 13.1. The molecule has 5 heteroatoms. The van der Waals surface area contributed by atoms with E-state index in [4.69, 9.17) is 4.99 Å². The minimum absolute atomic E-state index is 0.0864. The first kappa shape index (κ1) is 16.1. The molecule has 0 saturated heterocycles. The highest BCUT2D eigenvalue weighted by Crippen LogP contribution is 2.40. The van der Waals surface area contributed by atoms with Gasteiger partial charge in [-0.1, -0.05) is 72.1 Å². The number of amides is 1. The summed E-state index contributed by atoms with van der Waals surface area (Å²) in [6.07, 6.45) is 0. The van der Waals surface area contributed by atoms with Gasteiger partial charge in [0.25, 0.3) is 0 Å². The molecule has 0 unspecified atom stereocenters. The molecule has 23 heavy (non-hydrogen) atoms. The zero-order chi connectivity index (χ0) is 16.2. The third-order valence-electron chi connectivity index (χ3n) is 3.54. The standard InChI is InChI=1S/C18H18N2OS2/c1-20(2)17(21)16(13-8-4-3-5-9-13)23-18-19-15-11-7-6-10-14(15)12-22-18/h3-11,16H,12H2,1-2H3/t16-/m1/s1. The lowest BCUT2D eigenvalue weighted by Gasteiger charge is -2.22. The number of fused-ring (bicyclic) bond motifs is 1. The molecule has 3 nitrogen and oxygen atoms in total. The van der Waals surface area contributed by atoms with Crippen LogP contribution < -0.4 is 0 Å². The van der Waals surface area contributed by atoms with E-state index < -0.39 is 0 Å². The van der Waals surface area contributed by atoms with E-state index in [0.29, 0.717) is 0 Å². The number of hydrogen-bond acceptors (Lipinski definition) is 4. The molecule has 0 N–H and O–H groups in total. The number of aliphatic imine (C=N–C) groups is 1. The van der Waals surface area contributed by atoms with Gasteiger partial charge in [0.05, 0.1) is 5.69 Å². The third-order valence-corrected chi connectivity index (χ3v) is 5.98. The van der Waals surface area contributed by atoms with Crippen molar-refractivity contribution in [2.45, 2.75) is 11.0 Å². The number of hydrogen-bond donors (Lipinski definition) is 0. The minimum Gasteiger partial charge on any atom is -0.348 e. The van der Waals surface area contributed by atoms with Crippen LogP contribution in [0.4, 0.5) is 5.69 Å². The maximum atomic E-state index is 12.6. The van der Waals surface area contributed by atoms with Crippen molar-refractivity contribution in [2.75, 3.05) is 14.1 Å². The first-order valence-corrected chi connectivity index (χ1v) is 9.24. The third kappa shape index (κ3) is 3.79. The molecule has 3 rings (SSSR count). The molecule has 1 amide bonds. The number of nitrogens with zero attached hydrogens (tertiary/aromatic N) is 2. The van der Waals surface area contributed by atoms with E-state index in [2.05, 4.69) is 6.07 Å². The number of carbonyl (C=O) groups excluding carboxylic acids is 1. The fraction of sp³-hybridized carbons (Fsp3) is 0.222. The van der Waals surface area contributed by atoms with Crippen molar-refractivity contribution in [1.82, 2.24) is 4.90 Å². The van der Waals surface area contributed by atoms with Gasteiger partial charge in [-0.2, -0.15) is 0 Å². The largest absolute Gasteiger partial charge is 0.348 e. The van der Waals surface area contributed by atoms with Crippen LogP contribution in [0.3, 0.4) is 0 Å². The van der Waals surface area contributed by atoms with Crippen LogP contribution in [0.25, 0.3) is 0 Å². The molecule has 2 aromatic carbocycles. The normalized spacial score (nSPS) is 14.6. The molecule has 1 aliphatic heterocycles. The summed E-state index contributed by atoms with van der Waals surface area (Å²) in [5, 5.41) is -0.261. The van der Waals surface area contributed by atoms with Gasteiger partial charge < -0.3 is 4.90 Å². The number of thioether (sulfide) groups is 2. The molecular weight excluding hydrogens is 324 g/mol. The molecule has 1 atom stereocenters. The Morgan fingerprint density at radius 2 is 1.83 bits per heavy atom. The van der Waals surface area contributed by atoms with Crippen LogP contribution in [0.5, 0.6) is 0 Å². The Morgan fingerprint density at radius 1 is 1.13 bits per heavy atom. The molecule has 0 bridgehead atoms. The van der Waals surface area contributed by atoms with Gasteiger partial charge in [0, 0.05) is 19.8 Å². The number of benzene rings is 2. The Labute approximate surface area is 145 Å². The number of para-hydroxylation sites is 1. The molecular formula is C18H18N2OS2. The summed E-state index contributed by atoms with van der Waals surface area (Å²) < 4.78 is 0.952. The highest BCUT2D eigenvalue weighted by molar-refractivity contribution is 8.38. The molecule has 1 heterocycles. The van der Waals surface area contributed by atoms with Crippen molar-refractivity contribution in [1.29, 1.82) is 0 Å². The van der Waals surface area contributed by atoms with E-state index in [1.54, 1.807) is 42.5 Å². The van der Waals surface area contributed by atoms with Crippen molar-refractivity contribution >= 4 is 39.5 Å². The van der Waals surface area contributed by atoms with Gasteiger partial charge in [-0.25, -0.2) is 4.99 Å². The van der Waals surface area contributed by atoms with Crippen LogP contribution in [0.1, 0.15) is 16.4 Å². The van der Waals surface area contributed by atoms with Crippen LogP contribution in [0.2, 0.25) is 0 Å². The molecule has 0 fully saturated rings. The van der Waals surface area contributed by atoms with E-state index in [9.17, 15) is 4.79 Å². The molecule has 0 aromatic heterocycles. The first-order valence-electron chi connectivity index (χ1n) is 7.37. The maximum absolute atomic E-state index is 12.6. The summed E-state index contributed by atoms with van der Waals surface area (Å²) >= 11 is 3.24. The number of rotatable bonds is 3. The molecule has 118 valence electrons. The Kier molecular flexibility index (Phi) is 5.08. The van der Waals surface area contributed by atoms with Crippen molar-refractivity contribution in [3.8, 4) is 0 Å². The average Bonchev–Trinajstić information content (AvgIpc) is 2.59. The van der Waals surface area contributed by atoms with E-state index in [1.807, 2.05) is 48.5 Å². The van der Waals surface area contributed by atoms with E-state index in [-0.39, 0.29) is 11.2 Å². The lowest BCUT2D eigenvalue weighted by atomic mass is 10.1. The predicted octanol–water partition coefficient (Wildman–Crippen LogP) is 4.48. The van der Waals surface area contributed by atoms with Gasteiger partial charge in [0.2, 0.25) is 5.91 Å². The second-order valence-electron chi connectivity index (χ2n) is 5.44. The van der Waals surface area contributed by atoms with Crippen LogP contribution >= 0.6 is 23.5 Å². The number of likely N-dealkylation sites (N-methyl/N-ethyl adjacent to an activating group) is 1. The monoisotopic (exact) mass is 342 g/mol. The fourth-order valence-electron chi connectivity index (χ4n) is 2.30. The van der Waals surface area contributed by atoms with E-state index in [1.165, 1.54) is 5.56 Å². The first-order chi connectivity index (χ1) is 11.1. The van der Waals surface area contributed by atoms with Gasteiger partial charge in [-0.05, 0) is 17.2 Å². The smallest absolute Gasteiger partial charge is 0.240 e. The van der Waals surface area contributed by atoms with Gasteiger partial charge in [0.15, 0.2) is 0 Å². The molecule has 0 spiro atoms. The summed E-state index contributed by atoms with van der Waals surface area (Å²) in [4.78, 5) is 19.0. The quantitative estimate of drug-likeness (QED) is 0.824. The van der Waals surface area contributed by atoms with Gasteiger partial charge >= 0.3 is 0 Å². The molecule has 1 aliphatic rings. The lowest BCUT2D eigenvalue weighted by molar-refractivity contribution is -0.128. The van der Waals surface area contributed by atoms with E-state index >= 15 is 0 Å². The van der Waals surface area contributed by atoms with Crippen molar-refractivity contribution < 1.29 is 4.79 Å². The van der Waals surface area contributed by atoms with E-state index in [0.717, 1.165) is 21.4 Å². The predicted molar refractivity (Wildman–Crippen MR) is 100 cm³/mol. The Balaban J connectivity index is 1.88. The van der Waals surface area contributed by atoms with Crippen LogP contribution in [-0.4, -0.2) is 29.3 Å². The SMILES string of the molecule is CN(C)C(=O)[C@H](SC1=Nc2ccccc2CS1)c1ccccc1. The Morgan fingerprint density at radius 3 is 2.57 bits per heavy atom. The molecule has 0 aliphatic carbocycles. The van der Waals surface area contributed by atoms with Crippen LogP contribution in [0.15, 0.2) is 59.6 Å². The van der Waals surface area contributed by atoms with Crippen molar-refractivity contribution in [2.24, 2.45) is 4.99 Å². The summed E-state index contributed by atoms with van der Waals surface area (Å²) in [6.45, 7) is 0. The van der Waals surface area contributed by atoms with Crippen molar-refractivity contribution in [3.63, 3.8) is 0 Å². The average molecular weight is 342 g/mol. The summed E-state index contributed by atoms with van der Waals surface area (Å²) in [7, 11) is 3.59. The molecule has 0 saturated carbocycles. The van der Waals surface area contributed by atoms with Gasteiger partial charge in [-0.3, -0.25) is 4.79 Å². The van der Waals surface area contributed by atoms with Crippen LogP contribution in [0, 0.1) is 0 Å². The Bertz CT molecular complexity index is 729. The zero-order valence-corrected chi connectivity index (χ0v) is 14.7. The second kappa shape index (κ2) is 7.23. The fourth-order valence-corrected chi connectivity index (χ4v) is 4.68. The van der Waals surface area contributed by atoms with Gasteiger partial charge in [-0.15, -0.1) is 0 Å². The highest BCUT2D eigenvalue weighted by Gasteiger charge is 2.26. The lowest BCUT2D eigenvalue weighted by Crippen LogP contribution is -2.27. The summed E-state index contributed by atoms with van der Waals surface area (Å²) in [6, 6.07) is 18.1. The summed E-state index contributed by atoms with van der Waals surface area (Å²) in [5.74, 6) is 0.989. The molecule has 0 radical (unpaired) electrons. The maximum Gasteiger partial charge on any atom is 0.240 e. The van der Waals surface area contributed by atoms with Crippen molar-refractivity contribution in [3.05, 3.63) is 65.7 Å². The number of carbonyl (C=O) groups is 1. The van der Waals surface area contributed by atoms with Crippen LogP contribution in [-0.2, 0) is 10.5 Å². The second-order valence-corrected chi connectivity index (χ2v) is 7.75. The molecule has 2 aromatic rings. The summed E-state index contributed by atoms with van der Waals surface area (Å²) in [5.41, 5.74) is 3.27. The highest BCUT2D eigenvalue weighted by atomic mass is 32.2. The minimum atomic E-state index is -0.261. The Hall–Kier alpha value is -1.72. The van der Waals surface area contributed by atoms with Gasteiger partial charge in [0.1, 0.15) is 9.63 Å².